The SMILES string of the molecule is CCCc1cncnc1-c1cc(C)ccc1OC. The lowest BCUT2D eigenvalue weighted by molar-refractivity contribution is 0.416. The van der Waals surface area contributed by atoms with Gasteiger partial charge in [0, 0.05) is 11.8 Å². The molecule has 3 nitrogen and oxygen atoms in total. The van der Waals surface area contributed by atoms with Gasteiger partial charge in [0.25, 0.3) is 0 Å². The van der Waals surface area contributed by atoms with Gasteiger partial charge in [0.2, 0.25) is 0 Å². The predicted octanol–water partition coefficient (Wildman–Crippen LogP) is 3.41. The lowest BCUT2D eigenvalue weighted by Crippen LogP contribution is -1.97. The largest absolute Gasteiger partial charge is 0.496 e. The molecule has 1 heterocycles. The molecule has 0 saturated heterocycles. The fourth-order valence-corrected chi connectivity index (χ4v) is 2.06. The fourth-order valence-electron chi connectivity index (χ4n) is 2.06. The lowest BCUT2D eigenvalue weighted by Gasteiger charge is -2.12. The van der Waals surface area contributed by atoms with E-state index in [9.17, 15) is 0 Å². The van der Waals surface area contributed by atoms with Gasteiger partial charge in [-0.1, -0.05) is 25.0 Å². The number of hydrogen-bond donors (Lipinski definition) is 0. The van der Waals surface area contributed by atoms with Crippen molar-refractivity contribution in [2.75, 3.05) is 7.11 Å². The minimum Gasteiger partial charge on any atom is -0.496 e. The van der Waals surface area contributed by atoms with Gasteiger partial charge < -0.3 is 4.74 Å². The molecule has 0 aliphatic carbocycles. The monoisotopic (exact) mass is 242 g/mol. The van der Waals surface area contributed by atoms with E-state index in [-0.39, 0.29) is 0 Å². The molecule has 2 rings (SSSR count). The summed E-state index contributed by atoms with van der Waals surface area (Å²) in [6.07, 6.45) is 5.55. The summed E-state index contributed by atoms with van der Waals surface area (Å²) >= 11 is 0. The van der Waals surface area contributed by atoms with Crippen LogP contribution in [0.5, 0.6) is 5.75 Å². The molecule has 1 aromatic heterocycles. The first-order valence-corrected chi connectivity index (χ1v) is 6.20. The number of rotatable bonds is 4. The molecule has 2 aromatic rings. The maximum absolute atomic E-state index is 5.43. The number of aryl methyl sites for hydroxylation is 2. The van der Waals surface area contributed by atoms with Gasteiger partial charge in [0.05, 0.1) is 12.8 Å². The molecule has 94 valence electrons. The minimum absolute atomic E-state index is 0.858. The second-order valence-corrected chi connectivity index (χ2v) is 4.35. The molecular weight excluding hydrogens is 224 g/mol. The van der Waals surface area contributed by atoms with Crippen molar-refractivity contribution in [2.45, 2.75) is 26.7 Å². The van der Waals surface area contributed by atoms with Gasteiger partial charge in [0.15, 0.2) is 0 Å². The molecule has 0 bridgehead atoms. The van der Waals surface area contributed by atoms with Gasteiger partial charge in [-0.3, -0.25) is 0 Å². The van der Waals surface area contributed by atoms with Crippen molar-refractivity contribution in [2.24, 2.45) is 0 Å². The first kappa shape index (κ1) is 12.6. The van der Waals surface area contributed by atoms with Crippen LogP contribution in [0.4, 0.5) is 0 Å². The molecule has 0 atom stereocenters. The second-order valence-electron chi connectivity index (χ2n) is 4.35. The highest BCUT2D eigenvalue weighted by Gasteiger charge is 2.11. The average molecular weight is 242 g/mol. The zero-order valence-corrected chi connectivity index (χ0v) is 11.1. The quantitative estimate of drug-likeness (QED) is 0.824. The van der Waals surface area contributed by atoms with E-state index in [4.69, 9.17) is 4.74 Å². The molecule has 0 saturated carbocycles. The van der Waals surface area contributed by atoms with Crippen LogP contribution in [-0.4, -0.2) is 17.1 Å². The van der Waals surface area contributed by atoms with Crippen LogP contribution in [0.25, 0.3) is 11.3 Å². The molecule has 0 fully saturated rings. The Labute approximate surface area is 108 Å². The molecule has 0 spiro atoms. The zero-order chi connectivity index (χ0) is 13.0. The summed E-state index contributed by atoms with van der Waals surface area (Å²) in [6, 6.07) is 6.14. The number of methoxy groups -OCH3 is 1. The molecule has 0 unspecified atom stereocenters. The Morgan fingerprint density at radius 3 is 2.83 bits per heavy atom. The maximum atomic E-state index is 5.43. The van der Waals surface area contributed by atoms with Crippen LogP contribution >= 0.6 is 0 Å². The van der Waals surface area contributed by atoms with Gasteiger partial charge in [-0.05, 0) is 31.0 Å². The van der Waals surface area contributed by atoms with Crippen molar-refractivity contribution < 1.29 is 4.74 Å². The van der Waals surface area contributed by atoms with Crippen LogP contribution in [-0.2, 0) is 6.42 Å². The van der Waals surface area contributed by atoms with Crippen molar-refractivity contribution >= 4 is 0 Å². The molecule has 18 heavy (non-hydrogen) atoms. The summed E-state index contributed by atoms with van der Waals surface area (Å²) in [7, 11) is 1.69. The Morgan fingerprint density at radius 2 is 2.11 bits per heavy atom. The lowest BCUT2D eigenvalue weighted by atomic mass is 10.0. The van der Waals surface area contributed by atoms with Crippen molar-refractivity contribution in [1.29, 1.82) is 0 Å². The van der Waals surface area contributed by atoms with Crippen LogP contribution in [0.15, 0.2) is 30.7 Å². The van der Waals surface area contributed by atoms with E-state index in [1.165, 1.54) is 11.1 Å². The Kier molecular flexibility index (Phi) is 3.92. The summed E-state index contributed by atoms with van der Waals surface area (Å²) in [6.45, 7) is 4.23. The standard InChI is InChI=1S/C15H18N2O/c1-4-5-12-9-16-10-17-15(12)13-8-11(2)6-7-14(13)18-3/h6-10H,4-5H2,1-3H3. The highest BCUT2D eigenvalue weighted by Crippen LogP contribution is 2.31. The first-order chi connectivity index (χ1) is 8.76. The van der Waals surface area contributed by atoms with Gasteiger partial charge in [-0.25, -0.2) is 9.97 Å². The van der Waals surface area contributed by atoms with E-state index in [1.54, 1.807) is 13.4 Å². The molecule has 0 N–H and O–H groups in total. The van der Waals surface area contributed by atoms with Crippen molar-refractivity contribution in [3.05, 3.63) is 41.9 Å². The zero-order valence-electron chi connectivity index (χ0n) is 11.1. The van der Waals surface area contributed by atoms with E-state index < -0.39 is 0 Å². The highest BCUT2D eigenvalue weighted by atomic mass is 16.5. The normalized spacial score (nSPS) is 10.4. The molecule has 1 aromatic carbocycles. The fraction of sp³-hybridized carbons (Fsp3) is 0.333. The van der Waals surface area contributed by atoms with Gasteiger partial charge in [0.1, 0.15) is 12.1 Å². The van der Waals surface area contributed by atoms with E-state index in [1.807, 2.05) is 18.3 Å². The second kappa shape index (κ2) is 5.63. The number of aromatic nitrogens is 2. The van der Waals surface area contributed by atoms with Crippen molar-refractivity contribution in [3.8, 4) is 17.0 Å². The van der Waals surface area contributed by atoms with Crippen LogP contribution in [0.3, 0.4) is 0 Å². The third kappa shape index (κ3) is 2.50. The Hall–Kier alpha value is -1.90. The van der Waals surface area contributed by atoms with Crippen LogP contribution in [0, 0.1) is 6.92 Å². The Balaban J connectivity index is 2.57. The molecule has 0 aliphatic rings. The number of nitrogens with zero attached hydrogens (tertiary/aromatic N) is 2. The van der Waals surface area contributed by atoms with Crippen LogP contribution in [0.2, 0.25) is 0 Å². The third-order valence-corrected chi connectivity index (χ3v) is 2.92. The predicted molar refractivity (Wildman–Crippen MR) is 72.8 cm³/mol. The Bertz CT molecular complexity index is 538. The van der Waals surface area contributed by atoms with Crippen molar-refractivity contribution in [3.63, 3.8) is 0 Å². The summed E-state index contributed by atoms with van der Waals surface area (Å²) < 4.78 is 5.43. The summed E-state index contributed by atoms with van der Waals surface area (Å²) in [5.74, 6) is 0.858. The van der Waals surface area contributed by atoms with E-state index in [0.717, 1.165) is 29.8 Å². The summed E-state index contributed by atoms with van der Waals surface area (Å²) in [5.41, 5.74) is 4.39. The van der Waals surface area contributed by atoms with E-state index in [2.05, 4.69) is 29.9 Å². The average Bonchev–Trinajstić information content (AvgIpc) is 2.40. The molecule has 3 heteroatoms. The molecule has 0 radical (unpaired) electrons. The van der Waals surface area contributed by atoms with Gasteiger partial charge in [-0.2, -0.15) is 0 Å². The highest BCUT2D eigenvalue weighted by molar-refractivity contribution is 5.70. The maximum Gasteiger partial charge on any atom is 0.128 e. The molecule has 0 aliphatic heterocycles. The van der Waals surface area contributed by atoms with Gasteiger partial charge in [-0.15, -0.1) is 0 Å². The summed E-state index contributed by atoms with van der Waals surface area (Å²) in [5, 5.41) is 0. The minimum atomic E-state index is 0.858. The smallest absolute Gasteiger partial charge is 0.128 e. The number of hydrogen-bond acceptors (Lipinski definition) is 3. The van der Waals surface area contributed by atoms with Crippen molar-refractivity contribution in [1.82, 2.24) is 9.97 Å². The summed E-state index contributed by atoms with van der Waals surface area (Å²) in [4.78, 5) is 8.54. The Morgan fingerprint density at radius 1 is 1.28 bits per heavy atom. The topological polar surface area (TPSA) is 35.0 Å². The first-order valence-electron chi connectivity index (χ1n) is 6.20. The molecule has 0 amide bonds. The molecular formula is C15H18N2O. The van der Waals surface area contributed by atoms with Crippen LogP contribution in [0.1, 0.15) is 24.5 Å². The third-order valence-electron chi connectivity index (χ3n) is 2.92. The number of ether oxygens (including phenoxy) is 1. The van der Waals surface area contributed by atoms with Gasteiger partial charge >= 0.3 is 0 Å². The van der Waals surface area contributed by atoms with E-state index >= 15 is 0 Å². The van der Waals surface area contributed by atoms with E-state index in [0.29, 0.717) is 0 Å². The number of benzene rings is 1. The van der Waals surface area contributed by atoms with Crippen LogP contribution < -0.4 is 4.74 Å².